The minimum atomic E-state index is -0.756. The van der Waals surface area contributed by atoms with Crippen LogP contribution in [-0.4, -0.2) is 28.1 Å². The van der Waals surface area contributed by atoms with Crippen LogP contribution in [-0.2, 0) is 17.8 Å². The Morgan fingerprint density at radius 2 is 2.00 bits per heavy atom. The minimum absolute atomic E-state index is 0.0911. The monoisotopic (exact) mass is 328 g/mol. The predicted octanol–water partition coefficient (Wildman–Crippen LogP) is 3.06. The number of nitrogens with zero attached hydrogens (tertiary/aromatic N) is 2. The van der Waals surface area contributed by atoms with Gasteiger partial charge in [0.05, 0.1) is 13.3 Å². The molecule has 1 amide bonds. The topological polar surface area (TPSA) is 68.2 Å². The molecular formula is C18H24N4O2. The number of hydrogen-bond acceptors (Lipinski definition) is 4. The van der Waals surface area contributed by atoms with E-state index in [-0.39, 0.29) is 5.91 Å². The first-order chi connectivity index (χ1) is 11.5. The zero-order chi connectivity index (χ0) is 17.2. The summed E-state index contributed by atoms with van der Waals surface area (Å²) in [7, 11) is 1.63. The quantitative estimate of drug-likeness (QED) is 0.885. The van der Waals surface area contributed by atoms with Gasteiger partial charge in [-0.25, -0.2) is 4.98 Å². The van der Waals surface area contributed by atoms with Gasteiger partial charge in [-0.05, 0) is 51.0 Å². The van der Waals surface area contributed by atoms with Crippen LogP contribution in [0, 0.1) is 0 Å². The largest absolute Gasteiger partial charge is 0.497 e. The molecular weight excluding hydrogens is 304 g/mol. The zero-order valence-electron chi connectivity index (χ0n) is 14.4. The van der Waals surface area contributed by atoms with Crippen molar-refractivity contribution in [1.82, 2.24) is 9.55 Å². The maximum atomic E-state index is 12.7. The van der Waals surface area contributed by atoms with Gasteiger partial charge in [-0.1, -0.05) is 0 Å². The second-order valence-electron chi connectivity index (χ2n) is 6.60. The fourth-order valence-corrected chi connectivity index (χ4v) is 2.88. The number of aromatic nitrogens is 2. The normalized spacial score (nSPS) is 14.0. The third-order valence-corrected chi connectivity index (χ3v) is 4.33. The van der Waals surface area contributed by atoms with Crippen LogP contribution in [0.2, 0.25) is 0 Å². The molecule has 1 aliphatic heterocycles. The first-order valence-corrected chi connectivity index (χ1v) is 8.28. The molecule has 0 unspecified atom stereocenters. The van der Waals surface area contributed by atoms with E-state index in [1.165, 1.54) is 0 Å². The van der Waals surface area contributed by atoms with Gasteiger partial charge in [0.1, 0.15) is 22.9 Å². The molecule has 24 heavy (non-hydrogen) atoms. The van der Waals surface area contributed by atoms with Crippen LogP contribution in [0.25, 0.3) is 0 Å². The number of amides is 1. The molecule has 6 heteroatoms. The van der Waals surface area contributed by atoms with Gasteiger partial charge in [-0.15, -0.1) is 0 Å². The highest BCUT2D eigenvalue weighted by molar-refractivity contribution is 5.98. The second kappa shape index (κ2) is 6.55. The molecule has 0 aliphatic carbocycles. The van der Waals surface area contributed by atoms with Gasteiger partial charge in [-0.2, -0.15) is 0 Å². The lowest BCUT2D eigenvalue weighted by atomic mass is 10.0. The fraction of sp³-hybridized carbons (Fsp3) is 0.444. The molecule has 0 bridgehead atoms. The van der Waals surface area contributed by atoms with Crippen LogP contribution in [0.5, 0.6) is 5.75 Å². The Balaban J connectivity index is 1.69. The Morgan fingerprint density at radius 3 is 2.71 bits per heavy atom. The van der Waals surface area contributed by atoms with Crippen molar-refractivity contribution >= 4 is 17.4 Å². The molecule has 0 atom stereocenters. The van der Waals surface area contributed by atoms with Crippen molar-refractivity contribution in [3.05, 3.63) is 36.3 Å². The smallest absolute Gasteiger partial charge is 0.250 e. The van der Waals surface area contributed by atoms with E-state index in [1.807, 2.05) is 38.1 Å². The number of fused-ring (bicyclic) bond motifs is 1. The number of carbonyl (C=O) groups is 1. The number of methoxy groups -OCH3 is 1. The van der Waals surface area contributed by atoms with Gasteiger partial charge in [-0.3, -0.25) is 4.79 Å². The van der Waals surface area contributed by atoms with Crippen molar-refractivity contribution < 1.29 is 9.53 Å². The summed E-state index contributed by atoms with van der Waals surface area (Å²) in [6.45, 7) is 4.64. The summed E-state index contributed by atoms with van der Waals surface area (Å²) in [6.07, 6.45) is 5.01. The Labute approximate surface area is 142 Å². The van der Waals surface area contributed by atoms with Crippen molar-refractivity contribution in [2.45, 2.75) is 45.2 Å². The van der Waals surface area contributed by atoms with Crippen molar-refractivity contribution in [3.8, 4) is 5.75 Å². The van der Waals surface area contributed by atoms with E-state index in [4.69, 9.17) is 4.74 Å². The summed E-state index contributed by atoms with van der Waals surface area (Å²) in [5.41, 5.74) is 0.111. The summed E-state index contributed by atoms with van der Waals surface area (Å²) in [4.78, 5) is 17.1. The van der Waals surface area contributed by atoms with Crippen LogP contribution in [0.4, 0.5) is 11.5 Å². The van der Waals surface area contributed by atoms with Gasteiger partial charge >= 0.3 is 0 Å². The standard InChI is InChI=1S/C18H24N4O2/c1-18(2,21-13-7-9-14(24-3)10-8-13)17(23)20-16-12-19-15-6-4-5-11-22(15)16/h7-10,12,21H,4-6,11H2,1-3H3,(H,20,23). The number of anilines is 2. The first-order valence-electron chi connectivity index (χ1n) is 8.28. The number of imidazole rings is 1. The fourth-order valence-electron chi connectivity index (χ4n) is 2.88. The molecule has 0 spiro atoms. The zero-order valence-corrected chi connectivity index (χ0v) is 14.4. The van der Waals surface area contributed by atoms with Crippen LogP contribution in [0.3, 0.4) is 0 Å². The van der Waals surface area contributed by atoms with E-state index in [1.54, 1.807) is 13.3 Å². The van der Waals surface area contributed by atoms with E-state index in [2.05, 4.69) is 20.2 Å². The van der Waals surface area contributed by atoms with E-state index in [0.29, 0.717) is 0 Å². The number of hydrogen-bond donors (Lipinski definition) is 2. The molecule has 1 aromatic carbocycles. The summed E-state index contributed by atoms with van der Waals surface area (Å²) >= 11 is 0. The molecule has 2 N–H and O–H groups in total. The molecule has 0 radical (unpaired) electrons. The number of carbonyl (C=O) groups excluding carboxylic acids is 1. The lowest BCUT2D eigenvalue weighted by Crippen LogP contribution is -2.44. The molecule has 2 aromatic rings. The summed E-state index contributed by atoms with van der Waals surface area (Å²) in [5, 5.41) is 6.27. The van der Waals surface area contributed by atoms with Crippen molar-refractivity contribution in [2.24, 2.45) is 0 Å². The Hall–Kier alpha value is -2.50. The molecule has 2 heterocycles. The number of rotatable bonds is 5. The van der Waals surface area contributed by atoms with Crippen LogP contribution >= 0.6 is 0 Å². The third kappa shape index (κ3) is 3.37. The number of aryl methyl sites for hydroxylation is 1. The molecule has 1 aromatic heterocycles. The first kappa shape index (κ1) is 16.4. The van der Waals surface area contributed by atoms with E-state index >= 15 is 0 Å². The Kier molecular flexibility index (Phi) is 4.46. The molecule has 1 aliphatic rings. The second-order valence-corrected chi connectivity index (χ2v) is 6.60. The lowest BCUT2D eigenvalue weighted by Gasteiger charge is -2.27. The number of nitrogens with one attached hydrogen (secondary N) is 2. The molecule has 0 saturated carbocycles. The number of ether oxygens (including phenoxy) is 1. The van der Waals surface area contributed by atoms with Gasteiger partial charge in [0.25, 0.3) is 5.91 Å². The van der Waals surface area contributed by atoms with Gasteiger partial charge in [0.2, 0.25) is 0 Å². The molecule has 128 valence electrons. The average molecular weight is 328 g/mol. The molecule has 6 nitrogen and oxygen atoms in total. The number of benzene rings is 1. The summed E-state index contributed by atoms with van der Waals surface area (Å²) in [6, 6.07) is 7.52. The summed E-state index contributed by atoms with van der Waals surface area (Å²) < 4.78 is 7.25. The van der Waals surface area contributed by atoms with Crippen LogP contribution in [0.15, 0.2) is 30.5 Å². The minimum Gasteiger partial charge on any atom is -0.497 e. The van der Waals surface area contributed by atoms with E-state index in [0.717, 1.165) is 48.9 Å². The highest BCUT2D eigenvalue weighted by atomic mass is 16.5. The van der Waals surface area contributed by atoms with Gasteiger partial charge in [0.15, 0.2) is 0 Å². The van der Waals surface area contributed by atoms with Gasteiger partial charge in [0, 0.05) is 18.7 Å². The van der Waals surface area contributed by atoms with Crippen molar-refractivity contribution in [3.63, 3.8) is 0 Å². The van der Waals surface area contributed by atoms with E-state index in [9.17, 15) is 4.79 Å². The maximum absolute atomic E-state index is 12.7. The Morgan fingerprint density at radius 1 is 1.25 bits per heavy atom. The third-order valence-electron chi connectivity index (χ3n) is 4.33. The highest BCUT2D eigenvalue weighted by Gasteiger charge is 2.29. The van der Waals surface area contributed by atoms with Crippen LogP contribution < -0.4 is 15.4 Å². The van der Waals surface area contributed by atoms with Crippen molar-refractivity contribution in [2.75, 3.05) is 17.7 Å². The molecule has 3 rings (SSSR count). The molecule has 0 saturated heterocycles. The molecule has 0 fully saturated rings. The van der Waals surface area contributed by atoms with E-state index < -0.39 is 5.54 Å². The highest BCUT2D eigenvalue weighted by Crippen LogP contribution is 2.23. The summed E-state index contributed by atoms with van der Waals surface area (Å²) in [5.74, 6) is 2.53. The Bertz CT molecular complexity index is 719. The predicted molar refractivity (Wildman–Crippen MR) is 94.5 cm³/mol. The van der Waals surface area contributed by atoms with Gasteiger partial charge < -0.3 is 19.9 Å². The maximum Gasteiger partial charge on any atom is 0.250 e. The SMILES string of the molecule is COc1ccc(NC(C)(C)C(=O)Nc2cnc3n2CCCC3)cc1. The van der Waals surface area contributed by atoms with Crippen molar-refractivity contribution in [1.29, 1.82) is 0 Å². The average Bonchev–Trinajstić information content (AvgIpc) is 2.98. The van der Waals surface area contributed by atoms with Crippen LogP contribution in [0.1, 0.15) is 32.5 Å². The lowest BCUT2D eigenvalue weighted by molar-refractivity contribution is -0.119.